The van der Waals surface area contributed by atoms with Crippen molar-refractivity contribution in [2.75, 3.05) is 0 Å². The number of aromatic nitrogens is 2. The molecule has 0 saturated heterocycles. The number of carbonyl (C=O) groups excluding carboxylic acids is 1. The molecule has 1 aromatic rings. The SMILES string of the molecule is Cl.O=Cc1cn(C2CC2)cn1. The van der Waals surface area contributed by atoms with E-state index in [-0.39, 0.29) is 12.4 Å². The zero-order valence-electron chi connectivity index (χ0n) is 5.93. The van der Waals surface area contributed by atoms with Gasteiger partial charge in [0.1, 0.15) is 5.69 Å². The number of nitrogens with zero attached hydrogens (tertiary/aromatic N) is 2. The van der Waals surface area contributed by atoms with Gasteiger partial charge in [-0.3, -0.25) is 4.79 Å². The summed E-state index contributed by atoms with van der Waals surface area (Å²) in [4.78, 5) is 14.1. The maximum Gasteiger partial charge on any atom is 0.169 e. The molecule has 0 aliphatic heterocycles. The lowest BCUT2D eigenvalue weighted by molar-refractivity contribution is 0.111. The number of hydrogen-bond donors (Lipinski definition) is 0. The first-order chi connectivity index (χ1) is 4.90. The van der Waals surface area contributed by atoms with E-state index >= 15 is 0 Å². The molecule has 1 saturated carbocycles. The Morgan fingerprint density at radius 3 is 2.82 bits per heavy atom. The average molecular weight is 173 g/mol. The van der Waals surface area contributed by atoms with Crippen LogP contribution in [0.3, 0.4) is 0 Å². The van der Waals surface area contributed by atoms with Crippen LogP contribution in [0.1, 0.15) is 29.4 Å². The Morgan fingerprint density at radius 1 is 1.64 bits per heavy atom. The lowest BCUT2D eigenvalue weighted by atomic mass is 10.5. The molecule has 4 heteroatoms. The number of halogens is 1. The number of hydrogen-bond acceptors (Lipinski definition) is 2. The fraction of sp³-hybridized carbons (Fsp3) is 0.429. The lowest BCUT2D eigenvalue weighted by Crippen LogP contribution is -1.86. The summed E-state index contributed by atoms with van der Waals surface area (Å²) in [6.07, 6.45) is 6.76. The van der Waals surface area contributed by atoms with E-state index in [4.69, 9.17) is 0 Å². The highest BCUT2D eigenvalue weighted by molar-refractivity contribution is 5.85. The van der Waals surface area contributed by atoms with Gasteiger partial charge in [-0.25, -0.2) is 4.98 Å². The molecule has 11 heavy (non-hydrogen) atoms. The van der Waals surface area contributed by atoms with E-state index in [1.807, 2.05) is 4.57 Å². The fourth-order valence-electron chi connectivity index (χ4n) is 0.986. The third kappa shape index (κ3) is 1.60. The molecule has 60 valence electrons. The highest BCUT2D eigenvalue weighted by Crippen LogP contribution is 2.34. The fourth-order valence-corrected chi connectivity index (χ4v) is 0.986. The number of rotatable bonds is 2. The van der Waals surface area contributed by atoms with E-state index in [9.17, 15) is 4.79 Å². The van der Waals surface area contributed by atoms with Crippen LogP contribution in [-0.4, -0.2) is 15.8 Å². The van der Waals surface area contributed by atoms with Crippen LogP contribution in [0.5, 0.6) is 0 Å². The van der Waals surface area contributed by atoms with Gasteiger partial charge < -0.3 is 4.57 Å². The lowest BCUT2D eigenvalue weighted by Gasteiger charge is -1.91. The standard InChI is InChI=1S/C7H8N2O.ClH/c10-4-6-3-9(5-8-6)7-1-2-7;/h3-5,7H,1-2H2;1H. The molecule has 1 fully saturated rings. The van der Waals surface area contributed by atoms with Crippen LogP contribution >= 0.6 is 12.4 Å². The monoisotopic (exact) mass is 172 g/mol. The topological polar surface area (TPSA) is 34.9 Å². The van der Waals surface area contributed by atoms with E-state index in [1.54, 1.807) is 12.5 Å². The van der Waals surface area contributed by atoms with Gasteiger partial charge >= 0.3 is 0 Å². The molecule has 0 unspecified atom stereocenters. The van der Waals surface area contributed by atoms with Crippen molar-refractivity contribution < 1.29 is 4.79 Å². The van der Waals surface area contributed by atoms with Gasteiger partial charge in [0.05, 0.1) is 6.33 Å². The van der Waals surface area contributed by atoms with Crippen molar-refractivity contribution in [2.24, 2.45) is 0 Å². The molecule has 0 atom stereocenters. The summed E-state index contributed by atoms with van der Waals surface area (Å²) in [5, 5.41) is 0. The first-order valence-electron chi connectivity index (χ1n) is 3.39. The second kappa shape index (κ2) is 3.05. The van der Waals surface area contributed by atoms with Gasteiger partial charge in [0, 0.05) is 12.2 Å². The molecular formula is C7H9ClN2O. The second-order valence-corrected chi connectivity index (χ2v) is 2.59. The molecule has 2 rings (SSSR count). The number of imidazole rings is 1. The average Bonchev–Trinajstić information content (AvgIpc) is 2.70. The zero-order chi connectivity index (χ0) is 6.97. The Hall–Kier alpha value is -0.830. The molecule has 1 heterocycles. The first-order valence-corrected chi connectivity index (χ1v) is 3.39. The highest BCUT2D eigenvalue weighted by atomic mass is 35.5. The quantitative estimate of drug-likeness (QED) is 0.633. The van der Waals surface area contributed by atoms with Crippen LogP contribution < -0.4 is 0 Å². The summed E-state index contributed by atoms with van der Waals surface area (Å²) >= 11 is 0. The molecule has 1 aromatic heterocycles. The molecule has 0 bridgehead atoms. The minimum Gasteiger partial charge on any atom is -0.334 e. The van der Waals surface area contributed by atoms with Crippen molar-refractivity contribution in [1.29, 1.82) is 0 Å². The van der Waals surface area contributed by atoms with E-state index in [1.165, 1.54) is 12.8 Å². The molecular weight excluding hydrogens is 164 g/mol. The van der Waals surface area contributed by atoms with E-state index in [2.05, 4.69) is 4.98 Å². The van der Waals surface area contributed by atoms with Crippen LogP contribution in [0, 0.1) is 0 Å². The summed E-state index contributed by atoms with van der Waals surface area (Å²) < 4.78 is 2.00. The van der Waals surface area contributed by atoms with Crippen molar-refractivity contribution in [3.8, 4) is 0 Å². The molecule has 0 radical (unpaired) electrons. The van der Waals surface area contributed by atoms with Crippen LogP contribution in [0.2, 0.25) is 0 Å². The first kappa shape index (κ1) is 8.27. The molecule has 0 amide bonds. The van der Waals surface area contributed by atoms with E-state index in [0.717, 1.165) is 6.29 Å². The number of carbonyl (C=O) groups is 1. The second-order valence-electron chi connectivity index (χ2n) is 2.59. The van der Waals surface area contributed by atoms with Crippen molar-refractivity contribution in [3.05, 3.63) is 18.2 Å². The summed E-state index contributed by atoms with van der Waals surface area (Å²) in [7, 11) is 0. The van der Waals surface area contributed by atoms with Crippen molar-refractivity contribution in [2.45, 2.75) is 18.9 Å². The largest absolute Gasteiger partial charge is 0.334 e. The van der Waals surface area contributed by atoms with Crippen LogP contribution in [0.25, 0.3) is 0 Å². The minimum absolute atomic E-state index is 0. The van der Waals surface area contributed by atoms with Crippen LogP contribution in [-0.2, 0) is 0 Å². The van der Waals surface area contributed by atoms with Gasteiger partial charge in [0.2, 0.25) is 0 Å². The van der Waals surface area contributed by atoms with Crippen molar-refractivity contribution >= 4 is 18.7 Å². The van der Waals surface area contributed by atoms with Crippen molar-refractivity contribution in [3.63, 3.8) is 0 Å². The van der Waals surface area contributed by atoms with Gasteiger partial charge in [-0.05, 0) is 12.8 Å². The summed E-state index contributed by atoms with van der Waals surface area (Å²) in [6.45, 7) is 0. The maximum atomic E-state index is 10.2. The zero-order valence-corrected chi connectivity index (χ0v) is 6.75. The molecule has 0 N–H and O–H groups in total. The van der Waals surface area contributed by atoms with Gasteiger partial charge in [-0.15, -0.1) is 12.4 Å². The molecule has 1 aliphatic rings. The van der Waals surface area contributed by atoms with Crippen LogP contribution in [0.15, 0.2) is 12.5 Å². The Balaban J connectivity index is 0.000000605. The van der Waals surface area contributed by atoms with E-state index < -0.39 is 0 Å². The summed E-state index contributed by atoms with van der Waals surface area (Å²) in [5.41, 5.74) is 0.534. The van der Waals surface area contributed by atoms with E-state index in [0.29, 0.717) is 11.7 Å². The van der Waals surface area contributed by atoms with Crippen molar-refractivity contribution in [1.82, 2.24) is 9.55 Å². The molecule has 0 spiro atoms. The van der Waals surface area contributed by atoms with Crippen LogP contribution in [0.4, 0.5) is 0 Å². The predicted molar refractivity (Wildman–Crippen MR) is 43.1 cm³/mol. The Morgan fingerprint density at radius 2 is 2.36 bits per heavy atom. The summed E-state index contributed by atoms with van der Waals surface area (Å²) in [5.74, 6) is 0. The number of aldehydes is 1. The Bertz CT molecular complexity index is 255. The summed E-state index contributed by atoms with van der Waals surface area (Å²) in [6, 6.07) is 0.626. The van der Waals surface area contributed by atoms with Gasteiger partial charge in [-0.2, -0.15) is 0 Å². The third-order valence-corrected chi connectivity index (χ3v) is 1.71. The molecule has 1 aliphatic carbocycles. The third-order valence-electron chi connectivity index (χ3n) is 1.71. The maximum absolute atomic E-state index is 10.2. The smallest absolute Gasteiger partial charge is 0.169 e. The van der Waals surface area contributed by atoms with Gasteiger partial charge in [0.25, 0.3) is 0 Å². The van der Waals surface area contributed by atoms with Gasteiger partial charge in [-0.1, -0.05) is 0 Å². The van der Waals surface area contributed by atoms with Gasteiger partial charge in [0.15, 0.2) is 6.29 Å². The normalized spacial score (nSPS) is 15.6. The highest BCUT2D eigenvalue weighted by Gasteiger charge is 2.22. The predicted octanol–water partition coefficient (Wildman–Crippen LogP) is 1.45. The molecule has 0 aromatic carbocycles. The Kier molecular flexibility index (Phi) is 2.29. The Labute approximate surface area is 70.8 Å². The minimum atomic E-state index is 0. The molecule has 3 nitrogen and oxygen atoms in total.